The summed E-state index contributed by atoms with van der Waals surface area (Å²) in [6, 6.07) is 7.82. The van der Waals surface area contributed by atoms with Crippen LogP contribution in [-0.2, 0) is 17.9 Å². The third-order valence-corrected chi connectivity index (χ3v) is 5.66. The lowest BCUT2D eigenvalue weighted by Gasteiger charge is -2.09. The van der Waals surface area contributed by atoms with Crippen LogP contribution in [0.2, 0.25) is 0 Å². The monoisotopic (exact) mass is 475 g/mol. The SMILES string of the molecule is CCn1c(CNC(=O)c2ccc3c(c2)OCO3)nnc1SCC(=O)Nc1ccc(F)cc1F. The van der Waals surface area contributed by atoms with Gasteiger partial charge in [0.1, 0.15) is 11.6 Å². The Kier molecular flexibility index (Phi) is 6.73. The van der Waals surface area contributed by atoms with E-state index in [1.54, 1.807) is 22.8 Å². The molecule has 0 saturated carbocycles. The fraction of sp³-hybridized carbons (Fsp3) is 0.238. The standard InChI is InChI=1S/C21H19F2N5O4S/c1-2-28-18(9-24-20(30)12-3-6-16-17(7-12)32-11-31-16)26-27-21(28)33-10-19(29)25-15-5-4-13(22)8-14(15)23/h3-8H,2,9-11H2,1H3,(H,24,30)(H,25,29). The van der Waals surface area contributed by atoms with Gasteiger partial charge in [-0.05, 0) is 37.3 Å². The van der Waals surface area contributed by atoms with Crippen LogP contribution in [0.1, 0.15) is 23.1 Å². The van der Waals surface area contributed by atoms with Gasteiger partial charge in [-0.1, -0.05) is 11.8 Å². The smallest absolute Gasteiger partial charge is 0.251 e. The molecule has 1 aliphatic rings. The van der Waals surface area contributed by atoms with Crippen molar-refractivity contribution < 1.29 is 27.8 Å². The highest BCUT2D eigenvalue weighted by Gasteiger charge is 2.18. The van der Waals surface area contributed by atoms with Crippen molar-refractivity contribution in [1.82, 2.24) is 20.1 Å². The molecule has 33 heavy (non-hydrogen) atoms. The molecule has 0 radical (unpaired) electrons. The number of anilines is 1. The van der Waals surface area contributed by atoms with Crippen molar-refractivity contribution >= 4 is 29.3 Å². The van der Waals surface area contributed by atoms with E-state index in [1.165, 1.54) is 0 Å². The number of halogens is 2. The maximum Gasteiger partial charge on any atom is 0.251 e. The molecule has 0 spiro atoms. The summed E-state index contributed by atoms with van der Waals surface area (Å²) in [5.41, 5.74) is 0.312. The summed E-state index contributed by atoms with van der Waals surface area (Å²) in [6.45, 7) is 2.64. The molecule has 2 aromatic carbocycles. The van der Waals surface area contributed by atoms with E-state index < -0.39 is 17.5 Å². The number of ether oxygens (including phenoxy) is 2. The summed E-state index contributed by atoms with van der Waals surface area (Å²) in [4.78, 5) is 24.6. The summed E-state index contributed by atoms with van der Waals surface area (Å²) < 4.78 is 39.0. The number of benzene rings is 2. The van der Waals surface area contributed by atoms with Gasteiger partial charge in [-0.3, -0.25) is 9.59 Å². The molecule has 2 amide bonds. The van der Waals surface area contributed by atoms with Gasteiger partial charge in [-0.15, -0.1) is 10.2 Å². The number of thioether (sulfide) groups is 1. The van der Waals surface area contributed by atoms with Crippen molar-refractivity contribution in [3.8, 4) is 11.5 Å². The van der Waals surface area contributed by atoms with Crippen molar-refractivity contribution in [2.45, 2.75) is 25.2 Å². The molecule has 0 fully saturated rings. The number of hydrogen-bond acceptors (Lipinski definition) is 7. The van der Waals surface area contributed by atoms with E-state index in [2.05, 4.69) is 20.8 Å². The van der Waals surface area contributed by atoms with Crippen molar-refractivity contribution in [3.05, 3.63) is 59.4 Å². The van der Waals surface area contributed by atoms with Crippen LogP contribution in [0.15, 0.2) is 41.6 Å². The molecule has 1 aromatic heterocycles. The van der Waals surface area contributed by atoms with Crippen LogP contribution in [0, 0.1) is 11.6 Å². The van der Waals surface area contributed by atoms with Gasteiger partial charge in [0, 0.05) is 18.2 Å². The van der Waals surface area contributed by atoms with E-state index in [0.717, 1.165) is 23.9 Å². The molecule has 0 atom stereocenters. The van der Waals surface area contributed by atoms with E-state index in [0.29, 0.717) is 40.7 Å². The Balaban J connectivity index is 1.33. The van der Waals surface area contributed by atoms with Crippen LogP contribution in [0.5, 0.6) is 11.5 Å². The minimum Gasteiger partial charge on any atom is -0.454 e. The number of fused-ring (bicyclic) bond motifs is 1. The number of nitrogens with zero attached hydrogens (tertiary/aromatic N) is 3. The first-order chi connectivity index (χ1) is 15.9. The van der Waals surface area contributed by atoms with Crippen LogP contribution in [0.3, 0.4) is 0 Å². The quantitative estimate of drug-likeness (QED) is 0.483. The zero-order chi connectivity index (χ0) is 23.4. The average Bonchev–Trinajstić information content (AvgIpc) is 3.43. The highest BCUT2D eigenvalue weighted by molar-refractivity contribution is 7.99. The van der Waals surface area contributed by atoms with Gasteiger partial charge in [0.25, 0.3) is 5.91 Å². The Morgan fingerprint density at radius 2 is 1.94 bits per heavy atom. The summed E-state index contributed by atoms with van der Waals surface area (Å²) >= 11 is 1.11. The molecule has 0 aliphatic carbocycles. The van der Waals surface area contributed by atoms with Crippen LogP contribution in [0.25, 0.3) is 0 Å². The lowest BCUT2D eigenvalue weighted by atomic mass is 10.2. The first kappa shape index (κ1) is 22.5. The molecule has 3 aromatic rings. The van der Waals surface area contributed by atoms with Crippen molar-refractivity contribution in [3.63, 3.8) is 0 Å². The van der Waals surface area contributed by atoms with E-state index in [1.807, 2.05) is 6.92 Å². The number of carbonyl (C=O) groups excluding carboxylic acids is 2. The molecule has 0 unspecified atom stereocenters. The highest BCUT2D eigenvalue weighted by Crippen LogP contribution is 2.32. The Morgan fingerprint density at radius 3 is 2.73 bits per heavy atom. The zero-order valence-electron chi connectivity index (χ0n) is 17.4. The van der Waals surface area contributed by atoms with Crippen LogP contribution < -0.4 is 20.1 Å². The summed E-state index contributed by atoms with van der Waals surface area (Å²) in [6.07, 6.45) is 0. The molecule has 4 rings (SSSR count). The molecule has 172 valence electrons. The van der Waals surface area contributed by atoms with Crippen molar-refractivity contribution in [1.29, 1.82) is 0 Å². The van der Waals surface area contributed by atoms with E-state index in [9.17, 15) is 18.4 Å². The number of carbonyl (C=O) groups is 2. The molecule has 0 saturated heterocycles. The van der Waals surface area contributed by atoms with E-state index >= 15 is 0 Å². The van der Waals surface area contributed by atoms with Gasteiger partial charge in [0.05, 0.1) is 18.0 Å². The third kappa shape index (κ3) is 5.22. The summed E-state index contributed by atoms with van der Waals surface area (Å²) in [5.74, 6) is -0.818. The number of hydrogen-bond donors (Lipinski definition) is 2. The second kappa shape index (κ2) is 9.86. The van der Waals surface area contributed by atoms with E-state index in [-0.39, 0.29) is 30.7 Å². The minimum atomic E-state index is -0.856. The summed E-state index contributed by atoms with van der Waals surface area (Å²) in [5, 5.41) is 13.8. The van der Waals surface area contributed by atoms with Gasteiger partial charge < -0.3 is 24.7 Å². The molecule has 9 nitrogen and oxygen atoms in total. The van der Waals surface area contributed by atoms with Gasteiger partial charge in [0.2, 0.25) is 12.7 Å². The Bertz CT molecular complexity index is 1200. The van der Waals surface area contributed by atoms with Gasteiger partial charge in [-0.25, -0.2) is 8.78 Å². The second-order valence-corrected chi connectivity index (χ2v) is 7.80. The molecule has 1 aliphatic heterocycles. The topological polar surface area (TPSA) is 107 Å². The summed E-state index contributed by atoms with van der Waals surface area (Å²) in [7, 11) is 0. The van der Waals surface area contributed by atoms with Crippen LogP contribution >= 0.6 is 11.8 Å². The van der Waals surface area contributed by atoms with Gasteiger partial charge in [-0.2, -0.15) is 0 Å². The molecule has 2 N–H and O–H groups in total. The van der Waals surface area contributed by atoms with Crippen LogP contribution in [0.4, 0.5) is 14.5 Å². The third-order valence-electron chi connectivity index (χ3n) is 4.69. The lowest BCUT2D eigenvalue weighted by Crippen LogP contribution is -2.24. The second-order valence-electron chi connectivity index (χ2n) is 6.85. The molecular weight excluding hydrogens is 456 g/mol. The highest BCUT2D eigenvalue weighted by atomic mass is 32.2. The predicted molar refractivity (Wildman–Crippen MR) is 115 cm³/mol. The minimum absolute atomic E-state index is 0.0570. The fourth-order valence-electron chi connectivity index (χ4n) is 3.08. The van der Waals surface area contributed by atoms with Gasteiger partial charge >= 0.3 is 0 Å². The predicted octanol–water partition coefficient (Wildman–Crippen LogP) is 2.97. The average molecular weight is 475 g/mol. The van der Waals surface area contributed by atoms with E-state index in [4.69, 9.17) is 9.47 Å². The molecular formula is C21H19F2N5O4S. The molecule has 2 heterocycles. The largest absolute Gasteiger partial charge is 0.454 e. The maximum atomic E-state index is 13.7. The Labute approximate surface area is 191 Å². The number of aromatic nitrogens is 3. The van der Waals surface area contributed by atoms with Crippen molar-refractivity contribution in [2.24, 2.45) is 0 Å². The Morgan fingerprint density at radius 1 is 1.12 bits per heavy atom. The van der Waals surface area contributed by atoms with Gasteiger partial charge in [0.15, 0.2) is 22.5 Å². The molecule has 0 bridgehead atoms. The first-order valence-electron chi connectivity index (χ1n) is 9.92. The molecule has 12 heteroatoms. The fourth-order valence-corrected chi connectivity index (χ4v) is 3.90. The maximum absolute atomic E-state index is 13.7. The number of nitrogens with one attached hydrogen (secondary N) is 2. The lowest BCUT2D eigenvalue weighted by molar-refractivity contribution is -0.113. The number of rotatable bonds is 8. The Hall–Kier alpha value is -3.67. The zero-order valence-corrected chi connectivity index (χ0v) is 18.2. The normalized spacial score (nSPS) is 12.0. The first-order valence-corrected chi connectivity index (χ1v) is 10.9. The van der Waals surface area contributed by atoms with Crippen molar-refractivity contribution in [2.75, 3.05) is 17.9 Å². The number of amides is 2. The van der Waals surface area contributed by atoms with Crippen LogP contribution in [-0.4, -0.2) is 39.1 Å².